The number of benzene rings is 1. The van der Waals surface area contributed by atoms with Gasteiger partial charge in [0.2, 0.25) is 0 Å². The number of hydrogen-bond acceptors (Lipinski definition) is 3. The van der Waals surface area contributed by atoms with Crippen molar-refractivity contribution in [2.75, 3.05) is 11.9 Å². The highest BCUT2D eigenvalue weighted by Gasteiger charge is 2.08. The zero-order valence-electron chi connectivity index (χ0n) is 10.9. The van der Waals surface area contributed by atoms with E-state index in [2.05, 4.69) is 15.3 Å². The number of aromatic nitrogens is 2. The summed E-state index contributed by atoms with van der Waals surface area (Å²) in [6.07, 6.45) is 0.796. The number of hydrogen-bond donors (Lipinski definition) is 1. The number of rotatable bonds is 4. The third-order valence-corrected chi connectivity index (χ3v) is 2.98. The van der Waals surface area contributed by atoms with Crippen LogP contribution in [0.5, 0.6) is 0 Å². The standard InChI is InChI=1S/C14H15ClFN3/c1-3-10-8-13(17-4-2)19-14(18-10)9-5-6-11(15)12(16)7-9/h5-8H,3-4H2,1-2H3,(H,17,18,19). The summed E-state index contributed by atoms with van der Waals surface area (Å²) < 4.78 is 13.5. The molecule has 0 fully saturated rings. The fourth-order valence-corrected chi connectivity index (χ4v) is 1.83. The summed E-state index contributed by atoms with van der Waals surface area (Å²) in [5, 5.41) is 3.25. The lowest BCUT2D eigenvalue weighted by molar-refractivity contribution is 0.628. The minimum absolute atomic E-state index is 0.0994. The van der Waals surface area contributed by atoms with Gasteiger partial charge in [0, 0.05) is 23.9 Å². The summed E-state index contributed by atoms with van der Waals surface area (Å²) in [4.78, 5) is 8.79. The molecule has 3 nitrogen and oxygen atoms in total. The molecule has 1 N–H and O–H groups in total. The highest BCUT2D eigenvalue weighted by Crippen LogP contribution is 2.23. The lowest BCUT2D eigenvalue weighted by atomic mass is 10.2. The van der Waals surface area contributed by atoms with Gasteiger partial charge in [0.05, 0.1) is 5.02 Å². The molecular formula is C14H15ClFN3. The lowest BCUT2D eigenvalue weighted by Gasteiger charge is -2.08. The molecule has 0 radical (unpaired) electrons. The SMILES string of the molecule is CCNc1cc(CC)nc(-c2ccc(Cl)c(F)c2)n1. The summed E-state index contributed by atoms with van der Waals surface area (Å²) in [6, 6.07) is 6.49. The molecule has 0 aliphatic heterocycles. The van der Waals surface area contributed by atoms with E-state index in [0.29, 0.717) is 11.4 Å². The van der Waals surface area contributed by atoms with Crippen molar-refractivity contribution in [2.45, 2.75) is 20.3 Å². The molecule has 100 valence electrons. The van der Waals surface area contributed by atoms with Crippen molar-refractivity contribution < 1.29 is 4.39 Å². The van der Waals surface area contributed by atoms with Gasteiger partial charge >= 0.3 is 0 Å². The second kappa shape index (κ2) is 5.97. The summed E-state index contributed by atoms with van der Waals surface area (Å²) in [7, 11) is 0. The Labute approximate surface area is 116 Å². The van der Waals surface area contributed by atoms with Crippen LogP contribution in [0, 0.1) is 5.82 Å². The molecule has 0 amide bonds. The monoisotopic (exact) mass is 279 g/mol. The Balaban J connectivity index is 2.47. The van der Waals surface area contributed by atoms with Gasteiger partial charge in [0.1, 0.15) is 11.6 Å². The van der Waals surface area contributed by atoms with Gasteiger partial charge in [0.15, 0.2) is 5.82 Å². The van der Waals surface area contributed by atoms with E-state index in [4.69, 9.17) is 11.6 Å². The van der Waals surface area contributed by atoms with Crippen LogP contribution in [0.1, 0.15) is 19.5 Å². The Morgan fingerprint density at radius 3 is 2.63 bits per heavy atom. The third-order valence-electron chi connectivity index (χ3n) is 2.68. The summed E-state index contributed by atoms with van der Waals surface area (Å²) in [5.74, 6) is 0.792. The maximum atomic E-state index is 13.5. The van der Waals surface area contributed by atoms with Crippen LogP contribution in [-0.2, 0) is 6.42 Å². The molecule has 19 heavy (non-hydrogen) atoms. The number of nitrogens with zero attached hydrogens (tertiary/aromatic N) is 2. The zero-order valence-corrected chi connectivity index (χ0v) is 11.6. The van der Waals surface area contributed by atoms with Crippen LogP contribution in [0.3, 0.4) is 0 Å². The van der Waals surface area contributed by atoms with Crippen molar-refractivity contribution in [3.63, 3.8) is 0 Å². The Morgan fingerprint density at radius 1 is 1.21 bits per heavy atom. The largest absolute Gasteiger partial charge is 0.370 e. The van der Waals surface area contributed by atoms with E-state index in [1.807, 2.05) is 19.9 Å². The van der Waals surface area contributed by atoms with E-state index in [1.165, 1.54) is 12.1 Å². The molecule has 0 aliphatic carbocycles. The molecule has 5 heteroatoms. The number of aryl methyl sites for hydroxylation is 1. The van der Waals surface area contributed by atoms with E-state index in [-0.39, 0.29) is 5.02 Å². The molecule has 1 aromatic carbocycles. The quantitative estimate of drug-likeness (QED) is 0.921. The molecule has 0 aliphatic rings. The molecule has 0 atom stereocenters. The van der Waals surface area contributed by atoms with Crippen LogP contribution in [0.2, 0.25) is 5.02 Å². The number of nitrogens with one attached hydrogen (secondary N) is 1. The van der Waals surface area contributed by atoms with Gasteiger partial charge in [-0.3, -0.25) is 0 Å². The Kier molecular flexibility index (Phi) is 4.32. The second-order valence-electron chi connectivity index (χ2n) is 4.08. The van der Waals surface area contributed by atoms with Crippen LogP contribution in [0.15, 0.2) is 24.3 Å². The van der Waals surface area contributed by atoms with E-state index >= 15 is 0 Å². The first-order valence-electron chi connectivity index (χ1n) is 6.21. The summed E-state index contributed by atoms with van der Waals surface area (Å²) in [6.45, 7) is 4.79. The second-order valence-corrected chi connectivity index (χ2v) is 4.49. The lowest BCUT2D eigenvalue weighted by Crippen LogP contribution is -2.03. The van der Waals surface area contributed by atoms with Crippen LogP contribution < -0.4 is 5.32 Å². The third kappa shape index (κ3) is 3.20. The van der Waals surface area contributed by atoms with Crippen molar-refractivity contribution in [3.8, 4) is 11.4 Å². The van der Waals surface area contributed by atoms with Crippen LogP contribution in [0.4, 0.5) is 10.2 Å². The van der Waals surface area contributed by atoms with Gasteiger partial charge in [-0.2, -0.15) is 0 Å². The van der Waals surface area contributed by atoms with Crippen molar-refractivity contribution in [1.29, 1.82) is 0 Å². The molecule has 0 bridgehead atoms. The first kappa shape index (κ1) is 13.7. The first-order valence-corrected chi connectivity index (χ1v) is 6.59. The molecule has 0 saturated carbocycles. The highest BCUT2D eigenvalue weighted by molar-refractivity contribution is 6.30. The molecule has 0 spiro atoms. The average Bonchev–Trinajstić information content (AvgIpc) is 2.42. The number of halogens is 2. The van der Waals surface area contributed by atoms with Gasteiger partial charge in [-0.1, -0.05) is 18.5 Å². The minimum Gasteiger partial charge on any atom is -0.370 e. The van der Waals surface area contributed by atoms with Crippen molar-refractivity contribution in [3.05, 3.63) is 40.8 Å². The fourth-order valence-electron chi connectivity index (χ4n) is 1.71. The van der Waals surface area contributed by atoms with E-state index < -0.39 is 5.82 Å². The van der Waals surface area contributed by atoms with Crippen molar-refractivity contribution >= 4 is 17.4 Å². The highest BCUT2D eigenvalue weighted by atomic mass is 35.5. The molecule has 1 heterocycles. The van der Waals surface area contributed by atoms with Crippen molar-refractivity contribution in [2.24, 2.45) is 0 Å². The van der Waals surface area contributed by atoms with Crippen LogP contribution in [0.25, 0.3) is 11.4 Å². The zero-order chi connectivity index (χ0) is 13.8. The summed E-state index contributed by atoms with van der Waals surface area (Å²) in [5.41, 5.74) is 1.53. The van der Waals surface area contributed by atoms with Crippen LogP contribution >= 0.6 is 11.6 Å². The topological polar surface area (TPSA) is 37.8 Å². The normalized spacial score (nSPS) is 10.5. The Morgan fingerprint density at radius 2 is 2.00 bits per heavy atom. The first-order chi connectivity index (χ1) is 9.13. The van der Waals surface area contributed by atoms with E-state index in [0.717, 1.165) is 24.5 Å². The molecule has 0 unspecified atom stereocenters. The Hall–Kier alpha value is -1.68. The van der Waals surface area contributed by atoms with E-state index in [1.54, 1.807) is 6.07 Å². The molecule has 2 rings (SSSR count). The maximum absolute atomic E-state index is 13.5. The van der Waals surface area contributed by atoms with Gasteiger partial charge in [-0.15, -0.1) is 0 Å². The molecule has 2 aromatic rings. The Bertz CT molecular complexity index is 587. The maximum Gasteiger partial charge on any atom is 0.161 e. The minimum atomic E-state index is -0.463. The number of anilines is 1. The van der Waals surface area contributed by atoms with Gasteiger partial charge in [-0.05, 0) is 31.5 Å². The predicted octanol–water partition coefficient (Wildman–Crippen LogP) is 3.93. The summed E-state index contributed by atoms with van der Waals surface area (Å²) >= 11 is 5.68. The van der Waals surface area contributed by atoms with Gasteiger partial charge in [-0.25, -0.2) is 14.4 Å². The van der Waals surface area contributed by atoms with Gasteiger partial charge in [0.25, 0.3) is 0 Å². The molecular weight excluding hydrogens is 265 g/mol. The van der Waals surface area contributed by atoms with Crippen LogP contribution in [-0.4, -0.2) is 16.5 Å². The van der Waals surface area contributed by atoms with Gasteiger partial charge < -0.3 is 5.32 Å². The van der Waals surface area contributed by atoms with E-state index in [9.17, 15) is 4.39 Å². The predicted molar refractivity (Wildman–Crippen MR) is 76.0 cm³/mol. The fraction of sp³-hybridized carbons (Fsp3) is 0.286. The molecule has 0 saturated heterocycles. The average molecular weight is 280 g/mol. The van der Waals surface area contributed by atoms with Crippen molar-refractivity contribution in [1.82, 2.24) is 9.97 Å². The molecule has 1 aromatic heterocycles. The smallest absolute Gasteiger partial charge is 0.161 e.